The number of anilines is 1. The average Bonchev–Trinajstić information content (AvgIpc) is 3.49. The number of non-ortho nitro benzene ring substituents is 1. The number of rotatable bonds is 5. The van der Waals surface area contributed by atoms with Crippen LogP contribution < -0.4 is 5.32 Å². The molecule has 3 heterocycles. The summed E-state index contributed by atoms with van der Waals surface area (Å²) in [5, 5.41) is 14.6. The van der Waals surface area contributed by atoms with Gasteiger partial charge in [-0.3, -0.25) is 24.5 Å². The predicted molar refractivity (Wildman–Crippen MR) is 157 cm³/mol. The molecule has 8 nitrogen and oxygen atoms in total. The highest BCUT2D eigenvalue weighted by atomic mass is 16.6. The second-order valence-corrected chi connectivity index (χ2v) is 11.0. The van der Waals surface area contributed by atoms with E-state index in [-0.39, 0.29) is 22.9 Å². The molecule has 1 amide bonds. The quantitative estimate of drug-likeness (QED) is 0.187. The number of carbonyl (C=O) groups excluding carboxylic acids is 3. The van der Waals surface area contributed by atoms with Gasteiger partial charge < -0.3 is 10.2 Å². The minimum Gasteiger partial charge on any atom is -0.358 e. The van der Waals surface area contributed by atoms with Crippen LogP contribution in [0, 0.1) is 23.0 Å². The average molecular weight is 556 g/mol. The first kappa shape index (κ1) is 25.6. The summed E-state index contributed by atoms with van der Waals surface area (Å²) < 4.78 is 0. The Morgan fingerprint density at radius 1 is 0.881 bits per heavy atom. The molecule has 4 aromatic rings. The number of hydrogen-bond acceptors (Lipinski definition) is 6. The molecule has 8 heteroatoms. The highest BCUT2D eigenvalue weighted by Crippen LogP contribution is 2.62. The third-order valence-electron chi connectivity index (χ3n) is 8.80. The van der Waals surface area contributed by atoms with Gasteiger partial charge in [0.2, 0.25) is 5.91 Å². The Morgan fingerprint density at radius 2 is 1.62 bits per heavy atom. The number of ketones is 2. The molecule has 0 radical (unpaired) electrons. The van der Waals surface area contributed by atoms with Gasteiger partial charge in [0.05, 0.1) is 16.9 Å². The second kappa shape index (κ2) is 9.34. The van der Waals surface area contributed by atoms with Crippen molar-refractivity contribution in [1.82, 2.24) is 4.90 Å². The van der Waals surface area contributed by atoms with Crippen molar-refractivity contribution in [2.75, 3.05) is 5.32 Å². The van der Waals surface area contributed by atoms with Gasteiger partial charge in [-0.1, -0.05) is 84.4 Å². The lowest BCUT2D eigenvalue weighted by molar-refractivity contribution is -0.384. The van der Waals surface area contributed by atoms with E-state index < -0.39 is 34.1 Å². The number of amides is 1. The van der Waals surface area contributed by atoms with Crippen molar-refractivity contribution in [1.29, 1.82) is 0 Å². The number of para-hydroxylation sites is 1. The molecule has 0 aliphatic carbocycles. The fourth-order valence-corrected chi connectivity index (χ4v) is 7.01. The van der Waals surface area contributed by atoms with Gasteiger partial charge >= 0.3 is 0 Å². The Hall–Kier alpha value is -5.37. The standard InChI is InChI=1S/C34H25N3O5/c1-20-13-15-22(16-14-20)30(38)28-29(31(39)23-8-6-9-24(19-23)37(41)42)36-18-17-21-7-2-3-10-25(21)32(36)34(28)26-11-4-5-12-27(26)35-33(34)40/h2-19,28-29,32H,1H3,(H,35,40)/t28-,29+,32-,34-/m1/s1. The lowest BCUT2D eigenvalue weighted by Gasteiger charge is -2.38. The Kier molecular flexibility index (Phi) is 5.69. The van der Waals surface area contributed by atoms with Gasteiger partial charge in [-0.15, -0.1) is 0 Å². The number of fused-ring (bicyclic) bond motifs is 6. The molecule has 7 rings (SSSR count). The van der Waals surface area contributed by atoms with Crippen LogP contribution in [0.15, 0.2) is 103 Å². The Morgan fingerprint density at radius 3 is 2.40 bits per heavy atom. The van der Waals surface area contributed by atoms with Crippen LogP contribution in [0.1, 0.15) is 49.0 Å². The number of hydrogen-bond donors (Lipinski definition) is 1. The number of nitro groups is 1. The lowest BCUT2D eigenvalue weighted by Crippen LogP contribution is -2.49. The Bertz CT molecular complexity index is 1850. The van der Waals surface area contributed by atoms with Crippen LogP contribution in [0.25, 0.3) is 6.08 Å². The summed E-state index contributed by atoms with van der Waals surface area (Å²) in [4.78, 5) is 56.6. The number of nitrogens with one attached hydrogen (secondary N) is 1. The van der Waals surface area contributed by atoms with Crippen molar-refractivity contribution in [3.8, 4) is 0 Å². The van der Waals surface area contributed by atoms with Crippen molar-refractivity contribution >= 4 is 34.9 Å². The van der Waals surface area contributed by atoms with Crippen LogP contribution in [-0.2, 0) is 10.2 Å². The Labute approximate surface area is 241 Å². The van der Waals surface area contributed by atoms with Gasteiger partial charge in [-0.25, -0.2) is 0 Å². The minimum absolute atomic E-state index is 0.102. The molecule has 0 unspecified atom stereocenters. The molecule has 0 aromatic heterocycles. The minimum atomic E-state index is -1.46. The monoisotopic (exact) mass is 555 g/mol. The van der Waals surface area contributed by atoms with E-state index in [1.807, 2.05) is 72.5 Å². The number of aryl methyl sites for hydroxylation is 1. The molecule has 3 aliphatic rings. The lowest BCUT2D eigenvalue weighted by atomic mass is 9.62. The normalized spacial score (nSPS) is 23.2. The summed E-state index contributed by atoms with van der Waals surface area (Å²) in [6, 6.07) is 25.8. The van der Waals surface area contributed by atoms with Crippen molar-refractivity contribution in [2.45, 2.75) is 24.4 Å². The van der Waals surface area contributed by atoms with Crippen LogP contribution in [0.5, 0.6) is 0 Å². The first-order valence-electron chi connectivity index (χ1n) is 13.7. The van der Waals surface area contributed by atoms with E-state index in [0.29, 0.717) is 16.8 Å². The molecular formula is C34H25N3O5. The summed E-state index contributed by atoms with van der Waals surface area (Å²) in [7, 11) is 0. The third kappa shape index (κ3) is 3.51. The van der Waals surface area contributed by atoms with E-state index in [9.17, 15) is 24.5 Å². The highest BCUT2D eigenvalue weighted by Gasteiger charge is 2.70. The molecule has 1 N–H and O–H groups in total. The maximum Gasteiger partial charge on any atom is 0.270 e. The summed E-state index contributed by atoms with van der Waals surface area (Å²) in [6.45, 7) is 1.92. The Balaban J connectivity index is 1.53. The van der Waals surface area contributed by atoms with Gasteiger partial charge in [0, 0.05) is 35.1 Å². The van der Waals surface area contributed by atoms with Gasteiger partial charge in [0.25, 0.3) is 5.69 Å². The molecule has 4 atom stereocenters. The zero-order valence-electron chi connectivity index (χ0n) is 22.6. The molecule has 1 saturated heterocycles. The van der Waals surface area contributed by atoms with E-state index in [0.717, 1.165) is 16.7 Å². The molecule has 4 aromatic carbocycles. The maximum atomic E-state index is 14.8. The third-order valence-corrected chi connectivity index (χ3v) is 8.80. The highest BCUT2D eigenvalue weighted by molar-refractivity contribution is 6.16. The topological polar surface area (TPSA) is 110 Å². The van der Waals surface area contributed by atoms with Crippen LogP contribution in [0.3, 0.4) is 0 Å². The van der Waals surface area contributed by atoms with E-state index in [4.69, 9.17) is 0 Å². The molecule has 206 valence electrons. The summed E-state index contributed by atoms with van der Waals surface area (Å²) in [5.41, 5.74) is 2.73. The fraction of sp³-hybridized carbons (Fsp3) is 0.147. The molecule has 0 saturated carbocycles. The first-order valence-corrected chi connectivity index (χ1v) is 13.7. The number of Topliss-reactive ketones (excluding diaryl/α,β-unsaturated/α-hetero) is 2. The molecule has 1 spiro atoms. The van der Waals surface area contributed by atoms with Gasteiger partial charge in [0.1, 0.15) is 11.5 Å². The summed E-state index contributed by atoms with van der Waals surface area (Å²) >= 11 is 0. The summed E-state index contributed by atoms with van der Waals surface area (Å²) in [5.74, 6) is -2.31. The summed E-state index contributed by atoms with van der Waals surface area (Å²) in [6.07, 6.45) is 3.66. The van der Waals surface area contributed by atoms with Crippen LogP contribution in [-0.4, -0.2) is 33.3 Å². The SMILES string of the molecule is Cc1ccc(C(=O)[C@H]2[C@@H](C(=O)c3cccc([N+](=O)[O-])c3)N3C=Cc4ccccc4[C@@H]3[C@]23C(=O)Nc2ccccc23)cc1. The van der Waals surface area contributed by atoms with Crippen LogP contribution >= 0.6 is 0 Å². The molecule has 42 heavy (non-hydrogen) atoms. The molecular weight excluding hydrogens is 530 g/mol. The van der Waals surface area contributed by atoms with E-state index >= 15 is 0 Å². The van der Waals surface area contributed by atoms with E-state index in [1.54, 1.807) is 24.4 Å². The zero-order chi connectivity index (χ0) is 29.2. The smallest absolute Gasteiger partial charge is 0.270 e. The van der Waals surface area contributed by atoms with Crippen molar-refractivity contribution < 1.29 is 19.3 Å². The largest absolute Gasteiger partial charge is 0.358 e. The van der Waals surface area contributed by atoms with Crippen molar-refractivity contribution in [2.24, 2.45) is 5.92 Å². The van der Waals surface area contributed by atoms with Crippen LogP contribution in [0.2, 0.25) is 0 Å². The molecule has 1 fully saturated rings. The van der Waals surface area contributed by atoms with Crippen molar-refractivity contribution in [3.05, 3.63) is 147 Å². The van der Waals surface area contributed by atoms with E-state index in [1.165, 1.54) is 24.3 Å². The molecule has 3 aliphatic heterocycles. The van der Waals surface area contributed by atoms with Gasteiger partial charge in [-0.2, -0.15) is 0 Å². The number of benzene rings is 4. The van der Waals surface area contributed by atoms with E-state index in [2.05, 4.69) is 5.32 Å². The number of nitro benzene ring substituents is 1. The maximum absolute atomic E-state index is 14.8. The molecule has 0 bridgehead atoms. The van der Waals surface area contributed by atoms with Crippen molar-refractivity contribution in [3.63, 3.8) is 0 Å². The zero-order valence-corrected chi connectivity index (χ0v) is 22.6. The predicted octanol–water partition coefficient (Wildman–Crippen LogP) is 5.88. The number of carbonyl (C=O) groups is 3. The van der Waals surface area contributed by atoms with Gasteiger partial charge in [-0.05, 0) is 35.8 Å². The second-order valence-electron chi connectivity index (χ2n) is 11.0. The number of nitrogens with zero attached hydrogens (tertiary/aromatic N) is 2. The van der Waals surface area contributed by atoms with Crippen LogP contribution in [0.4, 0.5) is 11.4 Å². The van der Waals surface area contributed by atoms with Gasteiger partial charge in [0.15, 0.2) is 11.6 Å². The fourth-order valence-electron chi connectivity index (χ4n) is 7.01. The first-order chi connectivity index (χ1) is 20.3.